The summed E-state index contributed by atoms with van der Waals surface area (Å²) in [4.78, 5) is 10.5. The predicted octanol–water partition coefficient (Wildman–Crippen LogP) is 0.551. The third-order valence-corrected chi connectivity index (χ3v) is 1.85. The van der Waals surface area contributed by atoms with Crippen LogP contribution in [0.25, 0.3) is 0 Å². The van der Waals surface area contributed by atoms with Gasteiger partial charge < -0.3 is 21.9 Å². The first-order valence-corrected chi connectivity index (χ1v) is 4.56. The van der Waals surface area contributed by atoms with E-state index in [1.165, 1.54) is 0 Å². The van der Waals surface area contributed by atoms with Gasteiger partial charge in [-0.05, 0) is 36.0 Å². The molecule has 0 saturated carbocycles. The number of nitrogen functional groups attached to an aromatic ring is 1. The van der Waals surface area contributed by atoms with Gasteiger partial charge in [-0.1, -0.05) is 0 Å². The maximum absolute atomic E-state index is 10.5. The van der Waals surface area contributed by atoms with E-state index in [0.29, 0.717) is 16.9 Å². The number of hydrogen-bond acceptors (Lipinski definition) is 3. The molecule has 0 bridgehead atoms. The lowest BCUT2D eigenvalue weighted by atomic mass is 10.1. The normalized spacial score (nSPS) is 9.60. The van der Waals surface area contributed by atoms with Crippen LogP contribution in [0.2, 0.25) is 0 Å². The van der Waals surface area contributed by atoms with Crippen molar-refractivity contribution in [2.24, 2.45) is 5.73 Å². The highest BCUT2D eigenvalue weighted by Gasteiger charge is 2.05. The highest BCUT2D eigenvalue weighted by Crippen LogP contribution is 2.18. The second kappa shape index (κ2) is 4.61. The summed E-state index contributed by atoms with van der Waals surface area (Å²) in [5.74, 6) is -0.936. The Balaban J connectivity index is 2.94. The highest BCUT2D eigenvalue weighted by atomic mass is 32.1. The zero-order chi connectivity index (χ0) is 11.4. The number of carboxylic acids is 1. The summed E-state index contributed by atoms with van der Waals surface area (Å²) in [5.41, 5.74) is 12.5. The number of carboxylic acid groups (broad SMARTS) is 1. The molecular formula is C9H11N3O2S. The molecule has 0 spiro atoms. The molecule has 0 aliphatic heterocycles. The van der Waals surface area contributed by atoms with Gasteiger partial charge >= 0.3 is 5.97 Å². The minimum atomic E-state index is -0.936. The van der Waals surface area contributed by atoms with E-state index in [9.17, 15) is 4.79 Å². The van der Waals surface area contributed by atoms with Crippen LogP contribution in [0.4, 0.5) is 11.4 Å². The minimum Gasteiger partial charge on any atom is -0.481 e. The highest BCUT2D eigenvalue weighted by molar-refractivity contribution is 7.80. The molecule has 6 N–H and O–H groups in total. The van der Waals surface area contributed by atoms with E-state index < -0.39 is 5.97 Å². The summed E-state index contributed by atoms with van der Waals surface area (Å²) in [6.45, 7) is 0. The van der Waals surface area contributed by atoms with Gasteiger partial charge in [-0.2, -0.15) is 0 Å². The second-order valence-electron chi connectivity index (χ2n) is 2.97. The number of hydrogen-bond donors (Lipinski definition) is 4. The lowest BCUT2D eigenvalue weighted by Gasteiger charge is -2.07. The molecule has 1 aromatic carbocycles. The molecule has 1 rings (SSSR count). The van der Waals surface area contributed by atoms with Gasteiger partial charge in [-0.3, -0.25) is 4.79 Å². The maximum Gasteiger partial charge on any atom is 0.307 e. The van der Waals surface area contributed by atoms with Crippen molar-refractivity contribution in [3.63, 3.8) is 0 Å². The summed E-state index contributed by atoms with van der Waals surface area (Å²) in [6.07, 6.45) is -0.126. The molecule has 0 aliphatic rings. The Bertz CT molecular complexity index is 406. The van der Waals surface area contributed by atoms with Crippen LogP contribution < -0.4 is 16.8 Å². The molecule has 0 radical (unpaired) electrons. The molecule has 0 atom stereocenters. The Labute approximate surface area is 92.1 Å². The van der Waals surface area contributed by atoms with E-state index in [4.69, 9.17) is 16.6 Å². The summed E-state index contributed by atoms with van der Waals surface area (Å²) in [6, 6.07) is 4.90. The molecular weight excluding hydrogens is 214 g/mol. The van der Waals surface area contributed by atoms with Crippen LogP contribution >= 0.6 is 12.2 Å². The molecule has 80 valence electrons. The van der Waals surface area contributed by atoms with E-state index in [-0.39, 0.29) is 11.5 Å². The number of carbonyl (C=O) groups is 1. The number of aliphatic carboxylic acids is 1. The molecule has 0 amide bonds. The third kappa shape index (κ3) is 3.43. The predicted molar refractivity (Wildman–Crippen MR) is 62.6 cm³/mol. The van der Waals surface area contributed by atoms with E-state index in [1.807, 2.05) is 0 Å². The molecule has 6 heteroatoms. The lowest BCUT2D eigenvalue weighted by molar-refractivity contribution is -0.136. The molecule has 5 nitrogen and oxygen atoms in total. The zero-order valence-electron chi connectivity index (χ0n) is 7.86. The van der Waals surface area contributed by atoms with Crippen molar-refractivity contribution in [1.29, 1.82) is 0 Å². The quantitative estimate of drug-likeness (QED) is 0.442. The molecule has 0 aliphatic carbocycles. The first-order valence-electron chi connectivity index (χ1n) is 4.15. The SMILES string of the molecule is NC(=S)Nc1ccc(N)c(CC(=O)O)c1. The summed E-state index contributed by atoms with van der Waals surface area (Å²) in [5, 5.41) is 11.5. The smallest absolute Gasteiger partial charge is 0.307 e. The Morgan fingerprint density at radius 1 is 1.53 bits per heavy atom. The fourth-order valence-electron chi connectivity index (χ4n) is 1.14. The van der Waals surface area contributed by atoms with Crippen LogP contribution in [0.1, 0.15) is 5.56 Å². The van der Waals surface area contributed by atoms with Crippen molar-refractivity contribution in [1.82, 2.24) is 0 Å². The van der Waals surface area contributed by atoms with Crippen molar-refractivity contribution in [3.8, 4) is 0 Å². The van der Waals surface area contributed by atoms with Crippen molar-refractivity contribution in [2.45, 2.75) is 6.42 Å². The second-order valence-corrected chi connectivity index (χ2v) is 3.41. The van der Waals surface area contributed by atoms with Gasteiger partial charge in [0.15, 0.2) is 5.11 Å². The van der Waals surface area contributed by atoms with E-state index >= 15 is 0 Å². The van der Waals surface area contributed by atoms with Gasteiger partial charge in [-0.25, -0.2) is 0 Å². The van der Waals surface area contributed by atoms with E-state index in [2.05, 4.69) is 17.5 Å². The lowest BCUT2D eigenvalue weighted by Crippen LogP contribution is -2.19. The molecule has 0 heterocycles. The molecule has 0 fully saturated rings. The number of nitrogens with one attached hydrogen (secondary N) is 1. The number of benzene rings is 1. The average molecular weight is 225 g/mol. The van der Waals surface area contributed by atoms with Gasteiger partial charge in [0.2, 0.25) is 0 Å². The standard InChI is InChI=1S/C9H11N3O2S/c10-7-2-1-6(12-9(11)15)3-5(7)4-8(13)14/h1-3H,4,10H2,(H,13,14)(H3,11,12,15). The van der Waals surface area contributed by atoms with Gasteiger partial charge in [-0.15, -0.1) is 0 Å². The minimum absolute atomic E-state index is 0.126. The van der Waals surface area contributed by atoms with Gasteiger partial charge in [0.25, 0.3) is 0 Å². The third-order valence-electron chi connectivity index (χ3n) is 1.75. The van der Waals surface area contributed by atoms with E-state index in [0.717, 1.165) is 0 Å². The van der Waals surface area contributed by atoms with Crippen LogP contribution in [0.15, 0.2) is 18.2 Å². The van der Waals surface area contributed by atoms with Crippen molar-refractivity contribution in [3.05, 3.63) is 23.8 Å². The number of anilines is 2. The average Bonchev–Trinajstić information content (AvgIpc) is 2.09. The van der Waals surface area contributed by atoms with Gasteiger partial charge in [0.05, 0.1) is 6.42 Å². The Morgan fingerprint density at radius 2 is 2.20 bits per heavy atom. The van der Waals surface area contributed by atoms with Crippen LogP contribution in [0, 0.1) is 0 Å². The summed E-state index contributed by atoms with van der Waals surface area (Å²) < 4.78 is 0. The zero-order valence-corrected chi connectivity index (χ0v) is 8.67. The first-order chi connectivity index (χ1) is 6.99. The molecule has 15 heavy (non-hydrogen) atoms. The topological polar surface area (TPSA) is 101 Å². The van der Waals surface area contributed by atoms with E-state index in [1.54, 1.807) is 18.2 Å². The molecule has 0 aromatic heterocycles. The number of rotatable bonds is 3. The van der Waals surface area contributed by atoms with Crippen molar-refractivity contribution in [2.75, 3.05) is 11.1 Å². The maximum atomic E-state index is 10.5. The Kier molecular flexibility index (Phi) is 3.46. The van der Waals surface area contributed by atoms with Crippen LogP contribution in [0.3, 0.4) is 0 Å². The molecule has 1 aromatic rings. The fourth-order valence-corrected chi connectivity index (χ4v) is 1.26. The number of thiocarbonyl (C=S) groups is 1. The van der Waals surface area contributed by atoms with Crippen molar-refractivity contribution >= 4 is 34.7 Å². The number of nitrogens with two attached hydrogens (primary N) is 2. The monoisotopic (exact) mass is 225 g/mol. The Morgan fingerprint density at radius 3 is 2.73 bits per heavy atom. The summed E-state index contributed by atoms with van der Waals surface area (Å²) in [7, 11) is 0. The fraction of sp³-hybridized carbons (Fsp3) is 0.111. The van der Waals surface area contributed by atoms with Crippen molar-refractivity contribution < 1.29 is 9.90 Å². The molecule has 0 unspecified atom stereocenters. The van der Waals surface area contributed by atoms with Gasteiger partial charge in [0.1, 0.15) is 0 Å². The van der Waals surface area contributed by atoms with Crippen LogP contribution in [-0.2, 0) is 11.2 Å². The summed E-state index contributed by atoms with van der Waals surface area (Å²) >= 11 is 4.66. The Hall–Kier alpha value is -1.82. The van der Waals surface area contributed by atoms with Crippen LogP contribution in [-0.4, -0.2) is 16.2 Å². The van der Waals surface area contributed by atoms with Gasteiger partial charge in [0, 0.05) is 11.4 Å². The first kappa shape index (κ1) is 11.3. The largest absolute Gasteiger partial charge is 0.481 e. The van der Waals surface area contributed by atoms with Crippen LogP contribution in [0.5, 0.6) is 0 Å². The molecule has 0 saturated heterocycles.